The lowest BCUT2D eigenvalue weighted by Crippen LogP contribution is -2.46. The molecule has 0 aliphatic carbocycles. The van der Waals surface area contributed by atoms with Crippen molar-refractivity contribution in [3.8, 4) is 23.0 Å². The number of nitrogens with one attached hydrogen (secondary N) is 1. The monoisotopic (exact) mass is 822 g/mol. The van der Waals surface area contributed by atoms with Crippen molar-refractivity contribution >= 4 is 40.3 Å². The number of allylic oxidation sites excluding steroid dienone is 2. The maximum Gasteiger partial charge on any atom is 0.312 e. The Balaban J connectivity index is 1.70. The van der Waals surface area contributed by atoms with E-state index in [1.807, 2.05) is 7.05 Å². The molecule has 4 aliphatic heterocycles. The van der Waals surface area contributed by atoms with E-state index in [1.54, 1.807) is 44.9 Å². The largest absolute Gasteiger partial charge is 0.507 e. The Morgan fingerprint density at radius 2 is 1.61 bits per heavy atom. The molecule has 5 bridgehead atoms. The van der Waals surface area contributed by atoms with E-state index in [0.717, 1.165) is 13.1 Å². The predicted molar refractivity (Wildman–Crippen MR) is 220 cm³/mol. The van der Waals surface area contributed by atoms with Crippen molar-refractivity contribution in [2.75, 3.05) is 45.7 Å². The molecule has 6 N–H and O–H groups in total. The van der Waals surface area contributed by atoms with Crippen molar-refractivity contribution in [2.24, 2.45) is 28.8 Å². The lowest BCUT2D eigenvalue weighted by molar-refractivity contribution is -0.160. The number of hydrazone groups is 1. The first-order chi connectivity index (χ1) is 27.7. The molecule has 2 aromatic carbocycles. The molecule has 16 heteroatoms. The standard InChI is InChI=1S/C43H58N4O12/c1-21-12-11-13-22(2)42(55)45-33-28(20-44-47-17-15-46(9)16-18-47)37(52)30-31(38(33)53)36(51)26(6)40-32(30)41(54)43(8,59-40)57-19-14-29(56-10)23(3)39(58-27(7)48)25(5)35(50)24(4)34(21)49/h11-14,19-21,23-25,29,34-35,39,49-53H,15-18H2,1-10H3,(H,45,55)/b12-11+,19-14+,22-13-,44-20+/t21-,23-,24-,25-,29+,34+,35+,39-,43+/m1/s1. The van der Waals surface area contributed by atoms with Crippen LogP contribution < -0.4 is 10.1 Å². The smallest absolute Gasteiger partial charge is 0.312 e. The number of likely N-dealkylation sites (N-methyl/N-ethyl adjacent to an activating group) is 1. The van der Waals surface area contributed by atoms with Crippen LogP contribution in [0.3, 0.4) is 0 Å². The SMILES string of the molecule is CO[C@H]1/C=C/O[C@@]2(C)Oc3c(C)c(O)c4c(O)c(c(/C=N/N5CCN(C)CC5)c(O)c4c3C2=O)NC(=O)/C(C)=C\C=C\[C@@H](C)[C@H](O)[C@@H](C)[C@H](O)[C@@H](C)[C@H](OC(C)=O)[C@@H]1C. The fourth-order valence-corrected chi connectivity index (χ4v) is 7.92. The number of aliphatic hydroxyl groups is 2. The highest BCUT2D eigenvalue weighted by Gasteiger charge is 2.50. The van der Waals surface area contributed by atoms with Crippen molar-refractivity contribution in [3.05, 3.63) is 52.8 Å². The summed E-state index contributed by atoms with van der Waals surface area (Å²) in [6, 6.07) is 0. The normalized spacial score (nSPS) is 32.1. The van der Waals surface area contributed by atoms with Gasteiger partial charge in [-0.2, -0.15) is 5.10 Å². The Morgan fingerprint density at radius 1 is 0.949 bits per heavy atom. The van der Waals surface area contributed by atoms with Gasteiger partial charge in [0, 0.05) is 87.3 Å². The number of fused-ring (bicyclic) bond motifs is 14. The number of benzene rings is 2. The third-order valence-corrected chi connectivity index (χ3v) is 11.9. The Morgan fingerprint density at radius 3 is 2.24 bits per heavy atom. The predicted octanol–water partition coefficient (Wildman–Crippen LogP) is 4.34. The number of anilines is 1. The van der Waals surface area contributed by atoms with E-state index in [0.29, 0.717) is 13.1 Å². The molecule has 1 saturated heterocycles. The molecular weight excluding hydrogens is 764 g/mol. The molecule has 4 aliphatic rings. The second-order valence-corrected chi connectivity index (χ2v) is 16.1. The van der Waals surface area contributed by atoms with Crippen molar-refractivity contribution in [2.45, 2.75) is 85.6 Å². The number of phenolic OH excluding ortho intramolecular Hbond substituents is 3. The molecule has 4 heterocycles. The molecule has 0 radical (unpaired) electrons. The molecule has 0 saturated carbocycles. The summed E-state index contributed by atoms with van der Waals surface area (Å²) in [5, 5.41) is 66.8. The van der Waals surface area contributed by atoms with Crippen LogP contribution in [0.15, 0.2) is 41.2 Å². The molecule has 2 aromatic rings. The minimum Gasteiger partial charge on any atom is -0.507 e. The Kier molecular flexibility index (Phi) is 13.7. The van der Waals surface area contributed by atoms with Gasteiger partial charge in [0.15, 0.2) is 5.75 Å². The van der Waals surface area contributed by atoms with Crippen molar-refractivity contribution in [1.29, 1.82) is 0 Å². The van der Waals surface area contributed by atoms with Gasteiger partial charge in [0.1, 0.15) is 23.4 Å². The topological polar surface area (TPSA) is 220 Å². The highest BCUT2D eigenvalue weighted by atomic mass is 16.7. The number of aliphatic hydroxyl groups excluding tert-OH is 2. The number of carbonyl (C=O) groups excluding carboxylic acids is 3. The Labute approximate surface area is 344 Å². The lowest BCUT2D eigenvalue weighted by atomic mass is 9.78. The fraction of sp³-hybridized carbons (Fsp3) is 0.535. The summed E-state index contributed by atoms with van der Waals surface area (Å²) in [4.78, 5) is 42.6. The van der Waals surface area contributed by atoms with E-state index in [2.05, 4.69) is 15.3 Å². The van der Waals surface area contributed by atoms with Crippen molar-refractivity contribution < 1.29 is 58.9 Å². The van der Waals surface area contributed by atoms with E-state index in [9.17, 15) is 39.9 Å². The average molecular weight is 823 g/mol. The summed E-state index contributed by atoms with van der Waals surface area (Å²) in [6.45, 7) is 15.1. The molecule has 1 amide bonds. The first-order valence-corrected chi connectivity index (χ1v) is 19.8. The molecule has 0 spiro atoms. The molecule has 0 unspecified atom stereocenters. The zero-order valence-corrected chi connectivity index (χ0v) is 35.3. The number of carbonyl (C=O) groups is 3. The summed E-state index contributed by atoms with van der Waals surface area (Å²) in [7, 11) is 3.42. The number of esters is 1. The number of methoxy groups -OCH3 is 1. The molecule has 16 nitrogen and oxygen atoms in total. The lowest BCUT2D eigenvalue weighted by Gasteiger charge is -2.38. The van der Waals surface area contributed by atoms with Gasteiger partial charge in [-0.1, -0.05) is 45.9 Å². The molecule has 6 rings (SSSR count). The van der Waals surface area contributed by atoms with Crippen LogP contribution in [0.4, 0.5) is 5.69 Å². The third kappa shape index (κ3) is 8.91. The zero-order chi connectivity index (χ0) is 43.7. The highest BCUT2D eigenvalue weighted by molar-refractivity contribution is 6.23. The Hall–Kier alpha value is -5.16. The van der Waals surface area contributed by atoms with Crippen LogP contribution in [0.1, 0.15) is 70.0 Å². The summed E-state index contributed by atoms with van der Waals surface area (Å²) >= 11 is 0. The molecule has 1 fully saturated rings. The van der Waals surface area contributed by atoms with E-state index < -0.39 is 88.8 Å². The number of phenols is 3. The number of piperazine rings is 1. The summed E-state index contributed by atoms with van der Waals surface area (Å²) in [6.07, 6.45) is 4.86. The molecule has 59 heavy (non-hydrogen) atoms. The van der Waals surface area contributed by atoms with Crippen molar-refractivity contribution in [1.82, 2.24) is 9.91 Å². The first kappa shape index (κ1) is 44.9. The van der Waals surface area contributed by atoms with Gasteiger partial charge in [-0.15, -0.1) is 0 Å². The number of aromatic hydroxyl groups is 3. The quantitative estimate of drug-likeness (QED) is 0.109. The van der Waals surface area contributed by atoms with Gasteiger partial charge in [0.25, 0.3) is 11.7 Å². The summed E-state index contributed by atoms with van der Waals surface area (Å²) in [5.41, 5.74) is -0.350. The fourth-order valence-electron chi connectivity index (χ4n) is 7.92. The van der Waals surface area contributed by atoms with Crippen LogP contribution in [0, 0.1) is 30.6 Å². The number of rotatable bonds is 4. The molecular formula is C43H58N4O12. The third-order valence-electron chi connectivity index (χ3n) is 11.9. The minimum atomic E-state index is -2.04. The average Bonchev–Trinajstić information content (AvgIpc) is 3.46. The first-order valence-electron chi connectivity index (χ1n) is 19.8. The molecule has 0 aromatic heterocycles. The number of nitrogens with zero attached hydrogens (tertiary/aromatic N) is 3. The van der Waals surface area contributed by atoms with E-state index in [1.165, 1.54) is 59.4 Å². The van der Waals surface area contributed by atoms with Gasteiger partial charge < -0.3 is 54.7 Å². The minimum absolute atomic E-state index is 0.0559. The van der Waals surface area contributed by atoms with Gasteiger partial charge in [-0.3, -0.25) is 19.4 Å². The number of hydrogen-bond donors (Lipinski definition) is 6. The highest BCUT2D eigenvalue weighted by Crippen LogP contribution is 2.55. The van der Waals surface area contributed by atoms with Gasteiger partial charge in [0.05, 0.1) is 53.0 Å². The zero-order valence-electron chi connectivity index (χ0n) is 35.3. The van der Waals surface area contributed by atoms with Crippen molar-refractivity contribution in [3.63, 3.8) is 0 Å². The Bertz CT molecular complexity index is 2070. The number of hydrogen-bond acceptors (Lipinski definition) is 15. The second kappa shape index (κ2) is 18.0. The number of amides is 1. The van der Waals surface area contributed by atoms with Gasteiger partial charge >= 0.3 is 11.8 Å². The van der Waals surface area contributed by atoms with Crippen LogP contribution in [0.5, 0.6) is 23.0 Å². The number of ether oxygens (including phenoxy) is 4. The molecule has 322 valence electrons. The van der Waals surface area contributed by atoms with Crippen LogP contribution in [-0.4, -0.2) is 130 Å². The number of ketones is 1. The van der Waals surface area contributed by atoms with Crippen LogP contribution in [0.2, 0.25) is 0 Å². The van der Waals surface area contributed by atoms with Gasteiger partial charge in [-0.25, -0.2) is 0 Å². The second-order valence-electron chi connectivity index (χ2n) is 16.1. The van der Waals surface area contributed by atoms with Crippen LogP contribution in [0.25, 0.3) is 10.8 Å². The van der Waals surface area contributed by atoms with Gasteiger partial charge in [0.2, 0.25) is 0 Å². The van der Waals surface area contributed by atoms with Crippen LogP contribution >= 0.6 is 0 Å². The maximum atomic E-state index is 14.4. The summed E-state index contributed by atoms with van der Waals surface area (Å²) in [5.74, 6) is -8.34. The number of Topliss-reactive ketones (excluding diaryl/α,β-unsaturated/α-hetero) is 1. The van der Waals surface area contributed by atoms with Gasteiger partial charge in [-0.05, 0) is 27.0 Å². The summed E-state index contributed by atoms with van der Waals surface area (Å²) < 4.78 is 23.6. The van der Waals surface area contributed by atoms with E-state index in [-0.39, 0.29) is 44.5 Å². The van der Waals surface area contributed by atoms with E-state index in [4.69, 9.17) is 18.9 Å². The van der Waals surface area contributed by atoms with E-state index >= 15 is 0 Å². The maximum absolute atomic E-state index is 14.4. The van der Waals surface area contributed by atoms with Crippen LogP contribution in [-0.2, 0) is 23.8 Å². The molecule has 9 atom stereocenters.